The fourth-order valence-corrected chi connectivity index (χ4v) is 11.0. The number of esters is 4. The van der Waals surface area contributed by atoms with Gasteiger partial charge in [-0.1, -0.05) is 164 Å². The fourth-order valence-electron chi connectivity index (χ4n) is 10.1. The number of thioether (sulfide) groups is 1. The topological polar surface area (TPSA) is 431 Å². The zero-order valence-electron chi connectivity index (χ0n) is 58.0. The monoisotopic (exact) mass is 1470 g/mol. The third-order valence-electron chi connectivity index (χ3n) is 15.5. The van der Waals surface area contributed by atoms with Crippen molar-refractivity contribution in [2.75, 3.05) is 38.6 Å². The quantitative estimate of drug-likeness (QED) is 0.00468. The van der Waals surface area contributed by atoms with Crippen LogP contribution in [0.15, 0.2) is 157 Å². The second-order valence-electron chi connectivity index (χ2n) is 23.6. The third kappa shape index (κ3) is 32.9. The molecule has 8 amide bonds. The fraction of sp³-hybridized carbons (Fsp3) is 0.378. The average molecular weight is 1470 g/mol. The molecule has 29 nitrogen and oxygen atoms in total. The van der Waals surface area contributed by atoms with Crippen molar-refractivity contribution in [3.63, 3.8) is 0 Å². The highest BCUT2D eigenvalue weighted by Crippen LogP contribution is 2.26. The average Bonchev–Trinajstić information content (AvgIpc) is 0.802. The van der Waals surface area contributed by atoms with Gasteiger partial charge in [-0.2, -0.15) is 0 Å². The molecule has 0 radical (unpaired) electrons. The molecule has 0 aromatic heterocycles. The van der Waals surface area contributed by atoms with E-state index in [0.717, 1.165) is 24.9 Å². The van der Waals surface area contributed by atoms with E-state index >= 15 is 4.79 Å². The lowest BCUT2D eigenvalue weighted by molar-refractivity contribution is -0.153. The predicted molar refractivity (Wildman–Crippen MR) is 386 cm³/mol. The van der Waals surface area contributed by atoms with Crippen molar-refractivity contribution in [2.45, 2.75) is 121 Å². The predicted octanol–water partition coefficient (Wildman–Crippen LogP) is 4.93. The van der Waals surface area contributed by atoms with Gasteiger partial charge in [0, 0.05) is 69.5 Å². The van der Waals surface area contributed by atoms with E-state index in [1.165, 1.54) is 6.21 Å². The van der Waals surface area contributed by atoms with Gasteiger partial charge in [0.15, 0.2) is 5.25 Å². The SMILES string of the molecule is CC(C(=O)NC(=O)CCCC(NCC=NOCc1ccccc1)C(=O)OCc1ccccc1)C(C(=O)NC(=O)C(SCCNCC=N)C(=O)OCc1ccccc1)C(C(=O)NC(=O)CCCC(NCC=N)C(=O)OCc1ccccc1)C(=O)NC(=O)CCCC(NC(=N)CF)C(=O)OCc1ccccc1. The molecule has 560 valence electrons. The minimum atomic E-state index is -2.66. The molecule has 0 aliphatic carbocycles. The molecule has 7 atom stereocenters. The number of carbonyl (C=O) groups is 12. The van der Waals surface area contributed by atoms with Gasteiger partial charge in [0.2, 0.25) is 41.4 Å². The molecule has 5 aromatic carbocycles. The summed E-state index contributed by atoms with van der Waals surface area (Å²) in [5, 5.41) is 44.2. The number of oxime groups is 1. The Bertz CT molecular complexity index is 3680. The van der Waals surface area contributed by atoms with Gasteiger partial charge in [-0.3, -0.25) is 90.0 Å². The Balaban J connectivity index is 1.46. The Morgan fingerprint density at radius 3 is 1.27 bits per heavy atom. The molecule has 0 fully saturated rings. The van der Waals surface area contributed by atoms with Gasteiger partial charge in [-0.05, 0) is 66.3 Å². The van der Waals surface area contributed by atoms with E-state index in [4.69, 9.17) is 40.0 Å². The van der Waals surface area contributed by atoms with Gasteiger partial charge in [0.05, 0.1) is 12.1 Å². The lowest BCUT2D eigenvalue weighted by Crippen LogP contribution is -2.56. The molecule has 0 saturated carbocycles. The van der Waals surface area contributed by atoms with Crippen LogP contribution in [0.25, 0.3) is 0 Å². The first-order chi connectivity index (χ1) is 50.8. The van der Waals surface area contributed by atoms with Crippen LogP contribution in [0.1, 0.15) is 92.5 Å². The molecule has 0 spiro atoms. The first-order valence-electron chi connectivity index (χ1n) is 33.8. The number of carbonyl (C=O) groups excluding carboxylic acids is 12. The van der Waals surface area contributed by atoms with Crippen LogP contribution in [0.5, 0.6) is 0 Å². The largest absolute Gasteiger partial charge is 0.460 e. The standard InChI is InChI=1S/C74H89FN12O17S/c1-50(66(91)84-60(88)33-18-31-57(72(97)101-46-52-22-9-3-10-23-52)81-40-41-82-104-49-55-28-15-6-16-29-55)63(67(92)87-70(95)65(105-43-42-79-38-36-76)74(99)103-48-54-26-13-5-14-27-54)64(68(93)85-61(89)34-17-30-56(80-39-37-77)71(96)100-45-51-20-7-2-8-21-51)69(94)86-62(90)35-19-32-58(83-59(78)44-75)73(98)102-47-53-24-11-4-12-25-53/h2-16,20-29,36-37,41,50,56-58,63-65,76-77,79-81H,17-19,30-35,38-40,42-49H2,1H3,(H2,78,83)(H,84,88,91)(H,85,89,93)(H,86,90,94)(H,87,92,95). The Morgan fingerprint density at radius 1 is 0.467 bits per heavy atom. The van der Waals surface area contributed by atoms with Gasteiger partial charge in [0.1, 0.15) is 69.6 Å². The van der Waals surface area contributed by atoms with Crippen LogP contribution in [-0.4, -0.2) is 158 Å². The Morgan fingerprint density at radius 2 is 0.848 bits per heavy atom. The number of benzene rings is 5. The molecule has 0 aliphatic rings. The van der Waals surface area contributed by atoms with Crippen LogP contribution in [0, 0.1) is 34.0 Å². The van der Waals surface area contributed by atoms with Crippen LogP contribution < -0.4 is 42.5 Å². The van der Waals surface area contributed by atoms with Crippen LogP contribution in [-0.2, 0) is 114 Å². The molecule has 0 bridgehead atoms. The third-order valence-corrected chi connectivity index (χ3v) is 16.7. The van der Waals surface area contributed by atoms with E-state index in [2.05, 4.69) is 31.7 Å². The van der Waals surface area contributed by atoms with Gasteiger partial charge < -0.3 is 45.2 Å². The maximum Gasteiger partial charge on any atom is 0.329 e. The number of halogens is 1. The Kier molecular flexibility index (Phi) is 39.3. The van der Waals surface area contributed by atoms with Crippen molar-refractivity contribution >= 4 is 107 Å². The summed E-state index contributed by atoms with van der Waals surface area (Å²) in [6.45, 7) is -0.761. The number of hydrogen-bond donors (Lipinski definition) is 11. The molecular formula is C74H89FN12O17S. The Labute approximate surface area is 611 Å². The second-order valence-corrected chi connectivity index (χ2v) is 24.8. The molecule has 11 N–H and O–H groups in total. The first-order valence-corrected chi connectivity index (χ1v) is 34.9. The summed E-state index contributed by atoms with van der Waals surface area (Å²) in [5.74, 6) is -22.4. The van der Waals surface area contributed by atoms with E-state index in [1.807, 2.05) is 46.3 Å². The summed E-state index contributed by atoms with van der Waals surface area (Å²) in [4.78, 5) is 175. The minimum Gasteiger partial charge on any atom is -0.460 e. The molecular weight excluding hydrogens is 1380 g/mol. The lowest BCUT2D eigenvalue weighted by Gasteiger charge is -2.29. The summed E-state index contributed by atoms with van der Waals surface area (Å²) in [5.41, 5.74) is 3.31. The van der Waals surface area contributed by atoms with E-state index in [-0.39, 0.29) is 103 Å². The summed E-state index contributed by atoms with van der Waals surface area (Å²) >= 11 is 0.689. The number of hydrogen-bond acceptors (Lipinski definition) is 25. The summed E-state index contributed by atoms with van der Waals surface area (Å²) in [6.07, 6.45) is 0.696. The maximum atomic E-state index is 15.1. The van der Waals surface area contributed by atoms with E-state index in [1.54, 1.807) is 121 Å². The zero-order chi connectivity index (χ0) is 76.0. The zero-order valence-corrected chi connectivity index (χ0v) is 58.8. The number of nitrogens with one attached hydrogen (secondary N) is 11. The van der Waals surface area contributed by atoms with Gasteiger partial charge in [-0.25, -0.2) is 9.18 Å². The summed E-state index contributed by atoms with van der Waals surface area (Å²) in [7, 11) is 0. The number of alkyl halides is 1. The van der Waals surface area contributed by atoms with Crippen molar-refractivity contribution in [1.82, 2.24) is 42.5 Å². The van der Waals surface area contributed by atoms with Crippen molar-refractivity contribution in [2.24, 2.45) is 22.9 Å². The highest BCUT2D eigenvalue weighted by molar-refractivity contribution is 8.01. The highest BCUT2D eigenvalue weighted by atomic mass is 32.2. The van der Waals surface area contributed by atoms with E-state index in [9.17, 15) is 57.1 Å². The molecule has 7 unspecified atom stereocenters. The summed E-state index contributed by atoms with van der Waals surface area (Å²) < 4.78 is 35.6. The molecule has 5 aromatic rings. The number of nitrogens with zero attached hydrogens (tertiary/aromatic N) is 1. The van der Waals surface area contributed by atoms with Crippen LogP contribution in [0.2, 0.25) is 0 Å². The molecule has 5 rings (SSSR count). The van der Waals surface area contributed by atoms with Gasteiger partial charge in [0.25, 0.3) is 5.91 Å². The normalized spacial score (nSPS) is 12.9. The molecule has 0 heterocycles. The summed E-state index contributed by atoms with van der Waals surface area (Å²) in [6, 6.07) is 40.0. The number of ether oxygens (including phenoxy) is 4. The maximum absolute atomic E-state index is 15.1. The van der Waals surface area contributed by atoms with E-state index < -0.39 is 144 Å². The van der Waals surface area contributed by atoms with Crippen LogP contribution >= 0.6 is 11.8 Å². The molecule has 0 aliphatic heterocycles. The number of imide groups is 4. The number of amidine groups is 1. The van der Waals surface area contributed by atoms with Crippen molar-refractivity contribution in [3.8, 4) is 0 Å². The molecule has 0 saturated heterocycles. The van der Waals surface area contributed by atoms with Crippen LogP contribution in [0.3, 0.4) is 0 Å². The minimum absolute atomic E-state index is 0.00120. The number of rotatable bonds is 48. The molecule has 105 heavy (non-hydrogen) atoms. The Hall–Kier alpha value is -11.0. The second kappa shape index (κ2) is 48.8. The molecule has 31 heteroatoms. The van der Waals surface area contributed by atoms with Crippen molar-refractivity contribution in [1.29, 1.82) is 16.2 Å². The van der Waals surface area contributed by atoms with E-state index in [0.29, 0.717) is 34.0 Å². The first kappa shape index (κ1) is 84.6. The highest BCUT2D eigenvalue weighted by Gasteiger charge is 2.47. The van der Waals surface area contributed by atoms with Gasteiger partial charge >= 0.3 is 23.9 Å². The van der Waals surface area contributed by atoms with Gasteiger partial charge in [-0.15, -0.1) is 11.8 Å². The smallest absolute Gasteiger partial charge is 0.329 e. The van der Waals surface area contributed by atoms with Crippen molar-refractivity contribution in [3.05, 3.63) is 179 Å². The number of amides is 8. The van der Waals surface area contributed by atoms with Crippen molar-refractivity contribution < 1.29 is 85.7 Å². The van der Waals surface area contributed by atoms with Crippen LogP contribution in [0.4, 0.5) is 4.39 Å². The lowest BCUT2D eigenvalue weighted by atomic mass is 9.79.